The summed E-state index contributed by atoms with van der Waals surface area (Å²) in [5.74, 6) is 0. The first-order chi connectivity index (χ1) is 7.33. The third-order valence-electron chi connectivity index (χ3n) is 1.72. The molecule has 98 valence electrons. The molecule has 0 fully saturated rings. The first kappa shape index (κ1) is 16.4. The highest BCUT2D eigenvalue weighted by atomic mass is 35.5. The summed E-state index contributed by atoms with van der Waals surface area (Å²) in [6, 6.07) is 0. The van der Waals surface area contributed by atoms with Crippen molar-refractivity contribution in [1.82, 2.24) is 0 Å². The number of phosphoric ester groups is 1. The molecule has 0 saturated heterocycles. The van der Waals surface area contributed by atoms with E-state index in [1.807, 2.05) is 0 Å². The molecule has 6 heteroatoms. The van der Waals surface area contributed by atoms with Gasteiger partial charge in [-0.05, 0) is 27.2 Å². The second kappa shape index (κ2) is 7.67. The maximum atomic E-state index is 11.8. The Hall–Kier alpha value is 0.400. The van der Waals surface area contributed by atoms with Gasteiger partial charge in [0.15, 0.2) is 0 Å². The van der Waals surface area contributed by atoms with Gasteiger partial charge in [0.05, 0.1) is 24.1 Å². The van der Waals surface area contributed by atoms with E-state index in [1.54, 1.807) is 20.8 Å². The lowest BCUT2D eigenvalue weighted by Gasteiger charge is -2.23. The zero-order valence-corrected chi connectivity index (χ0v) is 12.1. The van der Waals surface area contributed by atoms with Gasteiger partial charge in [-0.25, -0.2) is 4.57 Å². The summed E-state index contributed by atoms with van der Waals surface area (Å²) < 4.78 is 26.4. The first-order valence-corrected chi connectivity index (χ1v) is 7.35. The minimum absolute atomic E-state index is 0.333. The van der Waals surface area contributed by atoms with Gasteiger partial charge in [-0.15, -0.1) is 0 Å². The average molecular weight is 273 g/mol. The normalized spacial score (nSPS) is 16.1. The lowest BCUT2D eigenvalue weighted by atomic mass is 10.2. The van der Waals surface area contributed by atoms with E-state index in [4.69, 9.17) is 20.9 Å². The highest BCUT2D eigenvalue weighted by molar-refractivity contribution is 7.49. The second-order valence-corrected chi connectivity index (χ2v) is 6.50. The monoisotopic (exact) mass is 272 g/mol. The fourth-order valence-electron chi connectivity index (χ4n) is 1.10. The van der Waals surface area contributed by atoms with Gasteiger partial charge < -0.3 is 0 Å². The molecule has 4 nitrogen and oxygen atoms in total. The highest BCUT2D eigenvalue weighted by Crippen LogP contribution is 2.53. The van der Waals surface area contributed by atoms with Gasteiger partial charge >= 0.3 is 7.82 Å². The quantitative estimate of drug-likeness (QED) is 0.475. The Balaban J connectivity index is 3.94. The Morgan fingerprint density at radius 2 is 1.81 bits per heavy atom. The van der Waals surface area contributed by atoms with Crippen molar-refractivity contribution in [2.75, 3.05) is 6.61 Å². The van der Waals surface area contributed by atoms with Crippen LogP contribution in [0.1, 0.15) is 53.4 Å². The van der Waals surface area contributed by atoms with Crippen LogP contribution in [0.5, 0.6) is 0 Å². The molecule has 0 spiro atoms. The molecule has 0 aromatic rings. The van der Waals surface area contributed by atoms with Crippen molar-refractivity contribution in [3.05, 3.63) is 0 Å². The van der Waals surface area contributed by atoms with Crippen molar-refractivity contribution in [1.29, 1.82) is 0 Å². The number of phosphoric acid groups is 1. The van der Waals surface area contributed by atoms with E-state index in [-0.39, 0.29) is 0 Å². The third-order valence-corrected chi connectivity index (χ3v) is 3.66. The summed E-state index contributed by atoms with van der Waals surface area (Å²) in [4.78, 5) is 0. The van der Waals surface area contributed by atoms with E-state index < -0.39 is 13.4 Å². The molecule has 0 rings (SSSR count). The molecule has 0 aliphatic heterocycles. The van der Waals surface area contributed by atoms with Crippen molar-refractivity contribution >= 4 is 19.7 Å². The van der Waals surface area contributed by atoms with Crippen LogP contribution in [0.2, 0.25) is 0 Å². The van der Waals surface area contributed by atoms with Gasteiger partial charge in [0.2, 0.25) is 0 Å². The van der Waals surface area contributed by atoms with Gasteiger partial charge in [0, 0.05) is 0 Å². The Morgan fingerprint density at radius 1 is 1.19 bits per heavy atom. The molecule has 16 heavy (non-hydrogen) atoms. The van der Waals surface area contributed by atoms with Gasteiger partial charge in [-0.3, -0.25) is 9.05 Å². The number of unbranched alkanes of at least 4 members (excludes halogenated alkanes) is 3. The molecule has 1 atom stereocenters. The van der Waals surface area contributed by atoms with Crippen molar-refractivity contribution in [2.45, 2.75) is 59.0 Å². The summed E-state index contributed by atoms with van der Waals surface area (Å²) in [7, 11) is -3.60. The Bertz CT molecular complexity index is 227. The van der Waals surface area contributed by atoms with E-state index >= 15 is 0 Å². The van der Waals surface area contributed by atoms with Crippen molar-refractivity contribution in [3.63, 3.8) is 0 Å². The van der Waals surface area contributed by atoms with Crippen LogP contribution in [-0.4, -0.2) is 12.2 Å². The lowest BCUT2D eigenvalue weighted by Crippen LogP contribution is -2.18. The largest absolute Gasteiger partial charge is 0.491 e. The number of rotatable bonds is 8. The van der Waals surface area contributed by atoms with Gasteiger partial charge in [0.25, 0.3) is 0 Å². The van der Waals surface area contributed by atoms with Crippen LogP contribution in [-0.2, 0) is 17.7 Å². The van der Waals surface area contributed by atoms with Crippen LogP contribution < -0.4 is 0 Å². The molecule has 0 radical (unpaired) electrons. The SMILES string of the molecule is CCCCCCOP(=O)(OCl)OC(C)(C)C. The summed E-state index contributed by atoms with van der Waals surface area (Å²) in [6.07, 6.45) is 4.14. The number of halogens is 1. The van der Waals surface area contributed by atoms with E-state index in [0.717, 1.165) is 25.7 Å². The van der Waals surface area contributed by atoms with Crippen LogP contribution in [0.4, 0.5) is 0 Å². The standard InChI is InChI=1S/C10H22ClO4P/c1-5-6-7-8-9-13-16(12,15-11)14-10(2,3)4/h5-9H2,1-4H3. The molecular formula is C10H22ClO4P. The Morgan fingerprint density at radius 3 is 2.25 bits per heavy atom. The van der Waals surface area contributed by atoms with Crippen LogP contribution in [0.15, 0.2) is 0 Å². The fourth-order valence-corrected chi connectivity index (χ4v) is 2.45. The summed E-state index contributed by atoms with van der Waals surface area (Å²) in [6.45, 7) is 7.73. The van der Waals surface area contributed by atoms with Crippen LogP contribution >= 0.6 is 19.7 Å². The van der Waals surface area contributed by atoms with E-state index in [0.29, 0.717) is 6.61 Å². The lowest BCUT2D eigenvalue weighted by molar-refractivity contribution is 0.0667. The minimum Gasteiger partial charge on any atom is -0.286 e. The molecule has 0 aliphatic rings. The summed E-state index contributed by atoms with van der Waals surface area (Å²) >= 11 is 5.14. The number of hydrogen-bond donors (Lipinski definition) is 0. The van der Waals surface area contributed by atoms with Gasteiger partial charge in [-0.1, -0.05) is 26.2 Å². The van der Waals surface area contributed by atoms with Crippen molar-refractivity contribution in [3.8, 4) is 0 Å². The summed E-state index contributed by atoms with van der Waals surface area (Å²) in [5.41, 5.74) is -0.617. The average Bonchev–Trinajstić information content (AvgIpc) is 2.15. The first-order valence-electron chi connectivity index (χ1n) is 5.58. The van der Waals surface area contributed by atoms with Crippen LogP contribution in [0.3, 0.4) is 0 Å². The maximum absolute atomic E-state index is 11.8. The van der Waals surface area contributed by atoms with E-state index in [2.05, 4.69) is 11.0 Å². The Kier molecular flexibility index (Phi) is 7.87. The molecule has 0 saturated carbocycles. The van der Waals surface area contributed by atoms with E-state index in [9.17, 15) is 4.57 Å². The zero-order chi connectivity index (χ0) is 12.7. The van der Waals surface area contributed by atoms with E-state index in [1.165, 1.54) is 0 Å². The van der Waals surface area contributed by atoms with Crippen molar-refractivity contribution < 1.29 is 17.7 Å². The molecular weight excluding hydrogens is 251 g/mol. The van der Waals surface area contributed by atoms with Crippen LogP contribution in [0, 0.1) is 0 Å². The predicted molar refractivity (Wildman–Crippen MR) is 65.5 cm³/mol. The molecule has 1 unspecified atom stereocenters. The minimum atomic E-state index is -3.60. The summed E-state index contributed by atoms with van der Waals surface area (Å²) in [5, 5.41) is 0. The molecule has 0 aromatic carbocycles. The molecule has 0 aromatic heterocycles. The maximum Gasteiger partial charge on any atom is 0.491 e. The molecule has 0 bridgehead atoms. The topological polar surface area (TPSA) is 44.8 Å². The molecule has 0 heterocycles. The van der Waals surface area contributed by atoms with Gasteiger partial charge in [-0.2, -0.15) is 4.08 Å². The molecule has 0 amide bonds. The van der Waals surface area contributed by atoms with Crippen LogP contribution in [0.25, 0.3) is 0 Å². The van der Waals surface area contributed by atoms with Crippen molar-refractivity contribution in [2.24, 2.45) is 0 Å². The molecule has 0 N–H and O–H groups in total. The highest BCUT2D eigenvalue weighted by Gasteiger charge is 2.32. The third kappa shape index (κ3) is 8.54. The second-order valence-electron chi connectivity index (χ2n) is 4.61. The molecule has 0 aliphatic carbocycles. The van der Waals surface area contributed by atoms with Gasteiger partial charge in [0.1, 0.15) is 0 Å². The fraction of sp³-hybridized carbons (Fsp3) is 1.00. The Labute approximate surface area is 103 Å². The number of hydrogen-bond acceptors (Lipinski definition) is 4. The predicted octanol–water partition coefficient (Wildman–Crippen LogP) is 4.68. The zero-order valence-electron chi connectivity index (χ0n) is 10.5. The smallest absolute Gasteiger partial charge is 0.286 e.